The highest BCUT2D eigenvalue weighted by atomic mass is 32.2. The number of sulfonamides is 1. The SMILES string of the molecule is CCCCNC(=O)[C@@H](C)N(Cc1ccc(C)cc1)C(=O)CN(c1ccccc1)S(C)(=O)=O. The van der Waals surface area contributed by atoms with Crippen LogP contribution < -0.4 is 9.62 Å². The molecule has 0 saturated heterocycles. The van der Waals surface area contributed by atoms with Crippen molar-refractivity contribution in [2.45, 2.75) is 46.2 Å². The third kappa shape index (κ3) is 7.37. The number of para-hydroxylation sites is 1. The number of anilines is 1. The van der Waals surface area contributed by atoms with Gasteiger partial charge in [-0.25, -0.2) is 8.42 Å². The van der Waals surface area contributed by atoms with Gasteiger partial charge in [0.2, 0.25) is 21.8 Å². The van der Waals surface area contributed by atoms with E-state index in [9.17, 15) is 18.0 Å². The maximum Gasteiger partial charge on any atom is 0.244 e. The van der Waals surface area contributed by atoms with E-state index >= 15 is 0 Å². The van der Waals surface area contributed by atoms with E-state index in [2.05, 4.69) is 5.32 Å². The summed E-state index contributed by atoms with van der Waals surface area (Å²) in [7, 11) is -3.70. The molecule has 0 radical (unpaired) electrons. The number of nitrogens with zero attached hydrogens (tertiary/aromatic N) is 2. The Balaban J connectivity index is 2.30. The van der Waals surface area contributed by atoms with Gasteiger partial charge in [0.05, 0.1) is 11.9 Å². The van der Waals surface area contributed by atoms with Crippen LogP contribution in [0.2, 0.25) is 0 Å². The van der Waals surface area contributed by atoms with E-state index in [-0.39, 0.29) is 19.0 Å². The molecule has 2 aromatic carbocycles. The maximum atomic E-state index is 13.4. The second-order valence-corrected chi connectivity index (χ2v) is 9.84. The minimum absolute atomic E-state index is 0.202. The third-order valence-electron chi connectivity index (χ3n) is 5.19. The van der Waals surface area contributed by atoms with Crippen LogP contribution in [0.4, 0.5) is 5.69 Å². The molecule has 2 rings (SSSR count). The van der Waals surface area contributed by atoms with E-state index < -0.39 is 22.0 Å². The van der Waals surface area contributed by atoms with Crippen LogP contribution in [0.3, 0.4) is 0 Å². The number of carbonyl (C=O) groups is 2. The first-order valence-electron chi connectivity index (χ1n) is 10.8. The third-order valence-corrected chi connectivity index (χ3v) is 6.33. The number of benzene rings is 2. The van der Waals surface area contributed by atoms with Gasteiger partial charge in [-0.05, 0) is 38.0 Å². The molecule has 0 aliphatic rings. The molecule has 0 fully saturated rings. The molecular formula is C24H33N3O4S. The first-order valence-corrected chi connectivity index (χ1v) is 12.6. The lowest BCUT2D eigenvalue weighted by molar-refractivity contribution is -0.139. The van der Waals surface area contributed by atoms with Crippen molar-refractivity contribution in [2.75, 3.05) is 23.7 Å². The van der Waals surface area contributed by atoms with Crippen LogP contribution in [0, 0.1) is 6.92 Å². The summed E-state index contributed by atoms with van der Waals surface area (Å²) >= 11 is 0. The number of carbonyl (C=O) groups excluding carboxylic acids is 2. The molecule has 8 heteroatoms. The van der Waals surface area contributed by atoms with Crippen molar-refractivity contribution in [3.05, 3.63) is 65.7 Å². The van der Waals surface area contributed by atoms with Gasteiger partial charge in [0.1, 0.15) is 12.6 Å². The van der Waals surface area contributed by atoms with E-state index in [1.165, 1.54) is 4.90 Å². The predicted octanol–water partition coefficient (Wildman–Crippen LogP) is 3.09. The summed E-state index contributed by atoms with van der Waals surface area (Å²) in [5, 5.41) is 2.86. The van der Waals surface area contributed by atoms with E-state index in [1.54, 1.807) is 37.3 Å². The van der Waals surface area contributed by atoms with Gasteiger partial charge < -0.3 is 10.2 Å². The quantitative estimate of drug-likeness (QED) is 0.523. The number of unbranched alkanes of at least 4 members (excludes halogenated alkanes) is 1. The minimum atomic E-state index is -3.70. The van der Waals surface area contributed by atoms with E-state index in [0.717, 1.165) is 34.5 Å². The molecule has 0 bridgehead atoms. The number of hydrogen-bond acceptors (Lipinski definition) is 4. The zero-order chi connectivity index (χ0) is 23.7. The zero-order valence-electron chi connectivity index (χ0n) is 19.2. The van der Waals surface area contributed by atoms with Crippen molar-refractivity contribution in [3.63, 3.8) is 0 Å². The van der Waals surface area contributed by atoms with E-state index in [1.807, 2.05) is 38.1 Å². The van der Waals surface area contributed by atoms with Crippen molar-refractivity contribution in [2.24, 2.45) is 0 Å². The maximum absolute atomic E-state index is 13.4. The van der Waals surface area contributed by atoms with Crippen molar-refractivity contribution >= 4 is 27.5 Å². The highest BCUT2D eigenvalue weighted by molar-refractivity contribution is 7.92. The van der Waals surface area contributed by atoms with E-state index in [4.69, 9.17) is 0 Å². The van der Waals surface area contributed by atoms with Crippen LogP contribution in [-0.4, -0.2) is 50.5 Å². The average Bonchev–Trinajstić information content (AvgIpc) is 2.76. The molecule has 0 aliphatic carbocycles. The molecule has 0 aliphatic heterocycles. The average molecular weight is 460 g/mol. The fraction of sp³-hybridized carbons (Fsp3) is 0.417. The Hall–Kier alpha value is -2.87. The molecular weight excluding hydrogens is 426 g/mol. The molecule has 1 atom stereocenters. The predicted molar refractivity (Wildman–Crippen MR) is 128 cm³/mol. The molecule has 2 aromatic rings. The van der Waals surface area contributed by atoms with Gasteiger partial charge in [-0.3, -0.25) is 13.9 Å². The summed E-state index contributed by atoms with van der Waals surface area (Å²) < 4.78 is 25.9. The summed E-state index contributed by atoms with van der Waals surface area (Å²) in [6.45, 7) is 6.02. The van der Waals surface area contributed by atoms with Crippen LogP contribution in [0.5, 0.6) is 0 Å². The summed E-state index contributed by atoms with van der Waals surface area (Å²) in [6, 6.07) is 15.4. The normalized spacial score (nSPS) is 12.1. The lowest BCUT2D eigenvalue weighted by atomic mass is 10.1. The zero-order valence-corrected chi connectivity index (χ0v) is 20.1. The molecule has 0 saturated carbocycles. The first-order chi connectivity index (χ1) is 15.1. The lowest BCUT2D eigenvalue weighted by Crippen LogP contribution is -2.51. The van der Waals surface area contributed by atoms with Crippen molar-refractivity contribution in [1.29, 1.82) is 0 Å². The smallest absolute Gasteiger partial charge is 0.244 e. The Morgan fingerprint density at radius 3 is 2.22 bits per heavy atom. The summed E-state index contributed by atoms with van der Waals surface area (Å²) in [4.78, 5) is 27.5. The molecule has 0 unspecified atom stereocenters. The van der Waals surface area contributed by atoms with Crippen LogP contribution in [0.15, 0.2) is 54.6 Å². The molecule has 0 aromatic heterocycles. The van der Waals surface area contributed by atoms with Crippen LogP contribution in [0.25, 0.3) is 0 Å². The highest BCUT2D eigenvalue weighted by Crippen LogP contribution is 2.18. The highest BCUT2D eigenvalue weighted by Gasteiger charge is 2.29. The molecule has 1 N–H and O–H groups in total. The lowest BCUT2D eigenvalue weighted by Gasteiger charge is -2.31. The fourth-order valence-electron chi connectivity index (χ4n) is 3.22. The van der Waals surface area contributed by atoms with Crippen LogP contribution in [0.1, 0.15) is 37.8 Å². The molecule has 0 spiro atoms. The summed E-state index contributed by atoms with van der Waals surface area (Å²) in [5.74, 6) is -0.706. The molecule has 32 heavy (non-hydrogen) atoms. The fourth-order valence-corrected chi connectivity index (χ4v) is 4.07. The number of amides is 2. The van der Waals surface area contributed by atoms with Gasteiger partial charge in [-0.1, -0.05) is 61.4 Å². The largest absolute Gasteiger partial charge is 0.354 e. The molecule has 7 nitrogen and oxygen atoms in total. The van der Waals surface area contributed by atoms with Gasteiger partial charge in [0, 0.05) is 13.1 Å². The second-order valence-electron chi connectivity index (χ2n) is 7.93. The van der Waals surface area contributed by atoms with Crippen molar-refractivity contribution in [3.8, 4) is 0 Å². The Morgan fingerprint density at radius 1 is 1.03 bits per heavy atom. The number of hydrogen-bond donors (Lipinski definition) is 1. The number of aryl methyl sites for hydroxylation is 1. The molecule has 0 heterocycles. The second kappa shape index (κ2) is 11.7. The van der Waals surface area contributed by atoms with Crippen molar-refractivity contribution < 1.29 is 18.0 Å². The Kier molecular flexibility index (Phi) is 9.26. The number of nitrogens with one attached hydrogen (secondary N) is 1. The first kappa shape index (κ1) is 25.4. The Labute approximate surface area is 191 Å². The van der Waals surface area contributed by atoms with Crippen LogP contribution >= 0.6 is 0 Å². The van der Waals surface area contributed by atoms with Gasteiger partial charge in [0.15, 0.2) is 0 Å². The van der Waals surface area contributed by atoms with Crippen molar-refractivity contribution in [1.82, 2.24) is 10.2 Å². The minimum Gasteiger partial charge on any atom is -0.354 e. The Bertz CT molecular complexity index is 992. The summed E-state index contributed by atoms with van der Waals surface area (Å²) in [6.07, 6.45) is 2.86. The number of rotatable bonds is 11. The van der Waals surface area contributed by atoms with Gasteiger partial charge in [-0.15, -0.1) is 0 Å². The molecule has 174 valence electrons. The summed E-state index contributed by atoms with van der Waals surface area (Å²) in [5.41, 5.74) is 2.35. The monoisotopic (exact) mass is 459 g/mol. The molecule has 2 amide bonds. The van der Waals surface area contributed by atoms with Gasteiger partial charge in [-0.2, -0.15) is 0 Å². The van der Waals surface area contributed by atoms with Gasteiger partial charge >= 0.3 is 0 Å². The standard InChI is InChI=1S/C24H33N3O4S/c1-5-6-16-25-24(29)20(3)26(17-21-14-12-19(2)13-15-21)23(28)18-27(32(4,30)31)22-10-8-7-9-11-22/h7-15,20H,5-6,16-18H2,1-4H3,(H,25,29)/t20-/m1/s1. The topological polar surface area (TPSA) is 86.8 Å². The van der Waals surface area contributed by atoms with Gasteiger partial charge in [0.25, 0.3) is 0 Å². The Morgan fingerprint density at radius 2 is 1.66 bits per heavy atom. The van der Waals surface area contributed by atoms with Crippen LogP contribution in [-0.2, 0) is 26.2 Å². The van der Waals surface area contributed by atoms with E-state index in [0.29, 0.717) is 12.2 Å².